The molecule has 2 N–H and O–H groups in total. The molecule has 0 saturated heterocycles. The SMILES string of the molecule is Cc1ncc(CO)c(C=NN=Cc2ccc(Cl)cc2)c1O. The van der Waals surface area contributed by atoms with Crippen LogP contribution in [-0.2, 0) is 6.61 Å². The molecule has 108 valence electrons. The van der Waals surface area contributed by atoms with Crippen LogP contribution in [0.2, 0.25) is 5.02 Å². The predicted molar refractivity (Wildman–Crippen MR) is 83.2 cm³/mol. The zero-order valence-electron chi connectivity index (χ0n) is 11.4. The van der Waals surface area contributed by atoms with Gasteiger partial charge in [-0.25, -0.2) is 0 Å². The molecule has 0 saturated carbocycles. The van der Waals surface area contributed by atoms with Crippen LogP contribution in [0.1, 0.15) is 22.4 Å². The van der Waals surface area contributed by atoms with Gasteiger partial charge in [0.25, 0.3) is 0 Å². The third-order valence-corrected chi connectivity index (χ3v) is 3.11. The van der Waals surface area contributed by atoms with Gasteiger partial charge in [0.2, 0.25) is 0 Å². The van der Waals surface area contributed by atoms with Crippen LogP contribution in [0, 0.1) is 6.92 Å². The molecule has 0 bridgehead atoms. The number of benzene rings is 1. The Labute approximate surface area is 127 Å². The van der Waals surface area contributed by atoms with Crippen molar-refractivity contribution < 1.29 is 10.2 Å². The van der Waals surface area contributed by atoms with E-state index in [1.54, 1.807) is 25.3 Å². The van der Waals surface area contributed by atoms with Gasteiger partial charge in [0.1, 0.15) is 5.75 Å². The van der Waals surface area contributed by atoms with Crippen LogP contribution in [0.4, 0.5) is 0 Å². The smallest absolute Gasteiger partial charge is 0.145 e. The average molecular weight is 304 g/mol. The second-order valence-corrected chi connectivity index (χ2v) is 4.77. The number of nitrogens with zero attached hydrogens (tertiary/aromatic N) is 3. The lowest BCUT2D eigenvalue weighted by atomic mass is 10.1. The molecule has 5 nitrogen and oxygen atoms in total. The highest BCUT2D eigenvalue weighted by Gasteiger charge is 2.08. The lowest BCUT2D eigenvalue weighted by molar-refractivity contribution is 0.280. The van der Waals surface area contributed by atoms with Crippen LogP contribution >= 0.6 is 11.6 Å². The lowest BCUT2D eigenvalue weighted by Gasteiger charge is -2.06. The van der Waals surface area contributed by atoms with E-state index in [0.717, 1.165) is 5.56 Å². The molecule has 1 heterocycles. The number of rotatable bonds is 4. The fourth-order valence-electron chi connectivity index (χ4n) is 1.66. The normalized spacial score (nSPS) is 11.6. The van der Waals surface area contributed by atoms with Crippen molar-refractivity contribution in [3.05, 3.63) is 57.9 Å². The molecule has 0 aliphatic heterocycles. The number of aromatic hydroxyl groups is 1. The Hall–Kier alpha value is -2.24. The monoisotopic (exact) mass is 303 g/mol. The van der Waals surface area contributed by atoms with Gasteiger partial charge >= 0.3 is 0 Å². The van der Waals surface area contributed by atoms with E-state index in [1.807, 2.05) is 12.1 Å². The van der Waals surface area contributed by atoms with Gasteiger partial charge in [-0.15, -0.1) is 0 Å². The fraction of sp³-hybridized carbons (Fsp3) is 0.133. The summed E-state index contributed by atoms with van der Waals surface area (Å²) in [6.07, 6.45) is 4.46. The molecule has 0 aliphatic carbocycles. The first-order valence-corrected chi connectivity index (χ1v) is 6.60. The number of pyridine rings is 1. The first kappa shape index (κ1) is 15.2. The topological polar surface area (TPSA) is 78.1 Å². The van der Waals surface area contributed by atoms with E-state index in [0.29, 0.717) is 21.8 Å². The molecule has 0 amide bonds. The maximum Gasteiger partial charge on any atom is 0.145 e. The van der Waals surface area contributed by atoms with E-state index in [1.165, 1.54) is 12.4 Å². The number of aliphatic hydroxyl groups excluding tert-OH is 1. The Bertz CT molecular complexity index is 682. The Morgan fingerprint density at radius 3 is 2.52 bits per heavy atom. The highest BCUT2D eigenvalue weighted by Crippen LogP contribution is 2.21. The van der Waals surface area contributed by atoms with Crippen LogP contribution in [0.3, 0.4) is 0 Å². The molecule has 2 aromatic rings. The van der Waals surface area contributed by atoms with E-state index in [-0.39, 0.29) is 12.4 Å². The molecular formula is C15H14ClN3O2. The standard InChI is InChI=1S/C15H14ClN3O2/c1-10-15(21)14(12(9-20)7-17-10)8-19-18-6-11-2-4-13(16)5-3-11/h2-8,20-21H,9H2,1H3. The highest BCUT2D eigenvalue weighted by atomic mass is 35.5. The summed E-state index contributed by atoms with van der Waals surface area (Å²) in [6, 6.07) is 7.15. The summed E-state index contributed by atoms with van der Waals surface area (Å²) in [7, 11) is 0. The first-order chi connectivity index (χ1) is 10.1. The van der Waals surface area contributed by atoms with Gasteiger partial charge in [-0.1, -0.05) is 23.7 Å². The summed E-state index contributed by atoms with van der Waals surface area (Å²) >= 11 is 5.79. The van der Waals surface area contributed by atoms with Crippen molar-refractivity contribution in [2.45, 2.75) is 13.5 Å². The zero-order chi connectivity index (χ0) is 15.2. The van der Waals surface area contributed by atoms with Crippen LogP contribution in [0.25, 0.3) is 0 Å². The van der Waals surface area contributed by atoms with Gasteiger partial charge in [-0.2, -0.15) is 10.2 Å². The van der Waals surface area contributed by atoms with Gasteiger partial charge < -0.3 is 10.2 Å². The maximum absolute atomic E-state index is 9.92. The van der Waals surface area contributed by atoms with E-state index >= 15 is 0 Å². The second-order valence-electron chi connectivity index (χ2n) is 4.33. The fourth-order valence-corrected chi connectivity index (χ4v) is 1.79. The van der Waals surface area contributed by atoms with Gasteiger partial charge in [0.05, 0.1) is 24.7 Å². The van der Waals surface area contributed by atoms with Crippen molar-refractivity contribution in [2.24, 2.45) is 10.2 Å². The van der Waals surface area contributed by atoms with Crippen LogP contribution < -0.4 is 0 Å². The molecule has 0 aliphatic rings. The number of aryl methyl sites for hydroxylation is 1. The largest absolute Gasteiger partial charge is 0.505 e. The van der Waals surface area contributed by atoms with Crippen LogP contribution in [-0.4, -0.2) is 27.6 Å². The summed E-state index contributed by atoms with van der Waals surface area (Å²) in [5, 5.41) is 27.6. The van der Waals surface area contributed by atoms with Crippen LogP contribution in [0.15, 0.2) is 40.7 Å². The molecule has 0 spiro atoms. The third-order valence-electron chi connectivity index (χ3n) is 2.86. The van der Waals surface area contributed by atoms with Crippen molar-refractivity contribution in [1.29, 1.82) is 0 Å². The van der Waals surface area contributed by atoms with Gasteiger partial charge in [-0.3, -0.25) is 4.98 Å². The minimum atomic E-state index is -0.233. The van der Waals surface area contributed by atoms with Crippen molar-refractivity contribution in [1.82, 2.24) is 4.98 Å². The van der Waals surface area contributed by atoms with Crippen molar-refractivity contribution in [2.75, 3.05) is 0 Å². The molecule has 0 atom stereocenters. The van der Waals surface area contributed by atoms with Crippen molar-refractivity contribution in [3.63, 3.8) is 0 Å². The van der Waals surface area contributed by atoms with Gasteiger partial charge in [-0.05, 0) is 24.6 Å². The van der Waals surface area contributed by atoms with Crippen molar-refractivity contribution in [3.8, 4) is 5.75 Å². The van der Waals surface area contributed by atoms with E-state index in [4.69, 9.17) is 11.6 Å². The second kappa shape index (κ2) is 6.97. The predicted octanol–water partition coefficient (Wildman–Crippen LogP) is 2.69. The molecule has 2 rings (SSSR count). The molecule has 1 aromatic heterocycles. The van der Waals surface area contributed by atoms with E-state index in [2.05, 4.69) is 15.2 Å². The number of halogens is 1. The Kier molecular flexibility index (Phi) is 5.03. The zero-order valence-corrected chi connectivity index (χ0v) is 12.1. The third kappa shape index (κ3) is 3.87. The van der Waals surface area contributed by atoms with Crippen molar-refractivity contribution >= 4 is 24.0 Å². The Morgan fingerprint density at radius 2 is 1.86 bits per heavy atom. The average Bonchev–Trinajstić information content (AvgIpc) is 2.49. The lowest BCUT2D eigenvalue weighted by Crippen LogP contribution is -1.97. The minimum Gasteiger partial charge on any atom is -0.505 e. The highest BCUT2D eigenvalue weighted by molar-refractivity contribution is 6.30. The summed E-state index contributed by atoms with van der Waals surface area (Å²) in [6.45, 7) is 1.44. The summed E-state index contributed by atoms with van der Waals surface area (Å²) in [4.78, 5) is 3.97. The minimum absolute atomic E-state index is 0.00741. The molecule has 0 radical (unpaired) electrons. The summed E-state index contributed by atoms with van der Waals surface area (Å²) < 4.78 is 0. The van der Waals surface area contributed by atoms with E-state index in [9.17, 15) is 10.2 Å². The van der Waals surface area contributed by atoms with Crippen LogP contribution in [0.5, 0.6) is 5.75 Å². The quantitative estimate of drug-likeness (QED) is 0.673. The molecule has 6 heteroatoms. The maximum atomic E-state index is 9.92. The summed E-state index contributed by atoms with van der Waals surface area (Å²) in [5.74, 6) is -0.00741. The van der Waals surface area contributed by atoms with E-state index < -0.39 is 0 Å². The first-order valence-electron chi connectivity index (χ1n) is 6.22. The Morgan fingerprint density at radius 1 is 1.19 bits per heavy atom. The number of aromatic nitrogens is 1. The summed E-state index contributed by atoms with van der Waals surface area (Å²) in [5.41, 5.74) is 2.23. The Balaban J connectivity index is 2.18. The number of hydrogen-bond acceptors (Lipinski definition) is 5. The number of hydrogen-bond donors (Lipinski definition) is 2. The molecular weight excluding hydrogens is 290 g/mol. The van der Waals surface area contributed by atoms with Gasteiger partial charge in [0.15, 0.2) is 0 Å². The molecule has 21 heavy (non-hydrogen) atoms. The molecule has 1 aromatic carbocycles. The molecule has 0 fully saturated rings. The molecule has 0 unspecified atom stereocenters. The number of aliphatic hydroxyl groups is 1. The van der Waals surface area contributed by atoms with Gasteiger partial charge in [0, 0.05) is 22.3 Å².